The minimum atomic E-state index is -1.26. The molecule has 0 aromatic heterocycles. The van der Waals surface area contributed by atoms with E-state index >= 15 is 0 Å². The molecule has 16 fully saturated rings. The van der Waals surface area contributed by atoms with Crippen molar-refractivity contribution in [1.29, 1.82) is 0 Å². The number of phenolic OH excluding ortho intramolecular Hbond substituents is 2. The molecule has 0 aliphatic heterocycles. The van der Waals surface area contributed by atoms with Crippen LogP contribution < -0.4 is 0 Å². The number of aromatic hydroxyl groups is 2. The number of benzene rings is 4. The van der Waals surface area contributed by atoms with Crippen LogP contribution in [0.3, 0.4) is 0 Å². The third-order valence-corrected chi connectivity index (χ3v) is 26.3. The Kier molecular flexibility index (Phi) is 8.94. The highest BCUT2D eigenvalue weighted by Crippen LogP contribution is 2.74. The van der Waals surface area contributed by atoms with Crippen LogP contribution in [-0.2, 0) is 27.1 Å². The van der Waals surface area contributed by atoms with E-state index in [9.17, 15) is 30.4 Å². The maximum absolute atomic E-state index is 14.0. The molecule has 0 saturated heterocycles. The molecule has 17 aliphatic carbocycles. The zero-order valence-electron chi connectivity index (χ0n) is 46.3. The van der Waals surface area contributed by atoms with Crippen LogP contribution in [0.2, 0.25) is 0 Å². The first kappa shape index (κ1) is 47.1. The molecule has 8 heteroatoms. The van der Waals surface area contributed by atoms with Crippen LogP contribution in [0.25, 0.3) is 11.1 Å². The lowest BCUT2D eigenvalue weighted by Crippen LogP contribution is -2.57. The molecular formula is C69H80N2O6. The average molecular weight is 1030 g/mol. The molecule has 16 saturated carbocycles. The van der Waals surface area contributed by atoms with Crippen molar-refractivity contribution in [3.63, 3.8) is 0 Å². The van der Waals surface area contributed by atoms with E-state index in [1.54, 1.807) is 12.1 Å². The summed E-state index contributed by atoms with van der Waals surface area (Å²) in [5.74, 6) is 4.87. The molecule has 17 aliphatic rings. The topological polar surface area (TPSA) is 127 Å². The maximum Gasteiger partial charge on any atom is 0.311 e. The molecule has 21 rings (SSSR count). The highest BCUT2D eigenvalue weighted by atomic mass is 16.6. The van der Waals surface area contributed by atoms with Gasteiger partial charge in [0.2, 0.25) is 0 Å². The lowest BCUT2D eigenvalue weighted by Gasteiger charge is -2.65. The third kappa shape index (κ3) is 6.29. The fourth-order valence-corrected chi connectivity index (χ4v) is 27.0. The van der Waals surface area contributed by atoms with E-state index in [0.717, 1.165) is 146 Å². The van der Waals surface area contributed by atoms with Gasteiger partial charge in [-0.25, -0.2) is 0 Å². The Morgan fingerprint density at radius 3 is 0.974 bits per heavy atom. The first-order chi connectivity index (χ1) is 36.6. The molecule has 4 aromatic rings. The predicted octanol–water partition coefficient (Wildman–Crippen LogP) is 16.7. The summed E-state index contributed by atoms with van der Waals surface area (Å²) < 4.78 is 0. The van der Waals surface area contributed by atoms with Gasteiger partial charge in [0.25, 0.3) is 0 Å². The van der Waals surface area contributed by atoms with Crippen LogP contribution >= 0.6 is 0 Å². The fourth-order valence-electron chi connectivity index (χ4n) is 27.0. The van der Waals surface area contributed by atoms with Crippen molar-refractivity contribution in [2.75, 3.05) is 0 Å². The minimum Gasteiger partial charge on any atom is -0.502 e. The molecule has 8 nitrogen and oxygen atoms in total. The molecule has 2 N–H and O–H groups in total. The third-order valence-electron chi connectivity index (χ3n) is 26.3. The van der Waals surface area contributed by atoms with Gasteiger partial charge in [-0.3, -0.25) is 20.2 Å². The monoisotopic (exact) mass is 1030 g/mol. The van der Waals surface area contributed by atoms with Crippen LogP contribution in [0, 0.1) is 89.2 Å². The number of fused-ring (bicyclic) bond motifs is 3. The molecule has 77 heavy (non-hydrogen) atoms. The van der Waals surface area contributed by atoms with Crippen molar-refractivity contribution in [1.82, 2.24) is 0 Å². The standard InChI is InChI=1S/C69H80N2O6/c1-61-21-45-22-62(2,33-61)36-67(31-45,35-61)55-17-49(19-57(59(55)72)70(74)75)69(50-18-56(60(73)58(20-50)71(76)77)68-32-46-23-63(3,37-68)34-64(4,24-46)38-68)53-15-47(65-25-39-9-40(26-65)11-41(10-39)27-65)5-7-51(53)52-8-6-48(16-54(52)69)66-28-42-12-43(29-66)14-44(13-42)30-66/h5-8,15-20,39-46,72-73H,9-14,21-38H2,1-4H3. The smallest absolute Gasteiger partial charge is 0.311 e. The number of nitro groups is 2. The summed E-state index contributed by atoms with van der Waals surface area (Å²) in [6.45, 7) is 9.74. The lowest BCUT2D eigenvalue weighted by molar-refractivity contribution is -0.386. The Bertz CT molecular complexity index is 3020. The summed E-state index contributed by atoms with van der Waals surface area (Å²) in [7, 11) is 0. The first-order valence-corrected chi connectivity index (χ1v) is 30.9. The Balaban J connectivity index is 0.990. The molecule has 0 amide bonds. The summed E-state index contributed by atoms with van der Waals surface area (Å²) in [4.78, 5) is 27.4. The highest BCUT2D eigenvalue weighted by molar-refractivity contribution is 5.88. The molecule has 16 bridgehead atoms. The molecule has 0 spiro atoms. The van der Waals surface area contributed by atoms with Crippen LogP contribution in [0.15, 0.2) is 60.7 Å². The van der Waals surface area contributed by atoms with E-state index in [1.807, 2.05) is 0 Å². The molecule has 4 unspecified atom stereocenters. The van der Waals surface area contributed by atoms with E-state index in [0.29, 0.717) is 23.0 Å². The van der Waals surface area contributed by atoms with Gasteiger partial charge in [0.05, 0.1) is 15.3 Å². The summed E-state index contributed by atoms with van der Waals surface area (Å²) in [5, 5.41) is 53.8. The molecule has 0 radical (unpaired) electrons. The summed E-state index contributed by atoms with van der Waals surface area (Å²) in [6.07, 6.45) is 27.2. The normalized spacial score (nSPS) is 46.2. The molecular weight excluding hydrogens is 953 g/mol. The first-order valence-electron chi connectivity index (χ1n) is 30.9. The van der Waals surface area contributed by atoms with Crippen LogP contribution in [0.4, 0.5) is 11.4 Å². The van der Waals surface area contributed by atoms with Crippen molar-refractivity contribution in [2.24, 2.45) is 69.0 Å². The quantitative estimate of drug-likeness (QED) is 0.118. The van der Waals surface area contributed by atoms with Gasteiger partial charge >= 0.3 is 11.4 Å². The zero-order chi connectivity index (χ0) is 52.4. The van der Waals surface area contributed by atoms with Gasteiger partial charge in [0.15, 0.2) is 11.5 Å². The number of hydrogen-bond acceptors (Lipinski definition) is 6. The van der Waals surface area contributed by atoms with Crippen LogP contribution in [0.1, 0.15) is 226 Å². The Morgan fingerprint density at radius 2 is 0.675 bits per heavy atom. The maximum atomic E-state index is 14.0. The van der Waals surface area contributed by atoms with E-state index < -0.39 is 16.2 Å². The van der Waals surface area contributed by atoms with Gasteiger partial charge < -0.3 is 10.2 Å². The Hall–Kier alpha value is -4.72. The Labute approximate surface area is 455 Å². The highest BCUT2D eigenvalue weighted by Gasteiger charge is 2.65. The second kappa shape index (κ2) is 14.6. The number of nitrogens with zero attached hydrogens (tertiary/aromatic N) is 2. The molecule has 402 valence electrons. The van der Waals surface area contributed by atoms with Gasteiger partial charge in [-0.2, -0.15) is 0 Å². The summed E-state index contributed by atoms with van der Waals surface area (Å²) in [5.41, 5.74) is 7.56. The lowest BCUT2D eigenvalue weighted by atomic mass is 9.39. The number of rotatable bonds is 8. The SMILES string of the molecule is CC12CC3CC(C)(C1)CC(c1cc(C4(c5cc([N+](=O)[O-])c(O)c(C67CC8CC(C)(CC(C)(C8)C6)C7)c5)c5cc(C67CC8CC(CC(C8)C6)C7)ccc5-c5ccc(C67CC8CC(CC(C8)C6)C7)cc54)cc([N+](=O)[O-])c1O)(C3)C2. The average Bonchev–Trinajstić information content (AvgIpc) is 3.54. The second-order valence-electron chi connectivity index (χ2n) is 32.8. The van der Waals surface area contributed by atoms with Gasteiger partial charge in [-0.05, 0) is 291 Å². The molecule has 0 heterocycles. The van der Waals surface area contributed by atoms with Crippen molar-refractivity contribution < 1.29 is 20.1 Å². The molecule has 4 aromatic carbocycles. The van der Waals surface area contributed by atoms with Crippen LogP contribution in [-0.4, -0.2) is 20.1 Å². The van der Waals surface area contributed by atoms with Gasteiger partial charge in [0, 0.05) is 34.1 Å². The van der Waals surface area contributed by atoms with Crippen molar-refractivity contribution >= 4 is 11.4 Å². The van der Waals surface area contributed by atoms with Crippen molar-refractivity contribution in [3.05, 3.63) is 125 Å². The fraction of sp³-hybridized carbons (Fsp3) is 0.652. The summed E-state index contributed by atoms with van der Waals surface area (Å²) in [6, 6.07) is 22.7. The van der Waals surface area contributed by atoms with Gasteiger partial charge in [-0.15, -0.1) is 0 Å². The minimum absolute atomic E-state index is 0.0288. The number of nitro benzene ring substituents is 2. The summed E-state index contributed by atoms with van der Waals surface area (Å²) >= 11 is 0. The zero-order valence-corrected chi connectivity index (χ0v) is 46.3. The largest absolute Gasteiger partial charge is 0.502 e. The van der Waals surface area contributed by atoms with Gasteiger partial charge in [-0.1, -0.05) is 64.1 Å². The molecule has 4 atom stereocenters. The van der Waals surface area contributed by atoms with E-state index in [-0.39, 0.29) is 65.2 Å². The number of phenols is 2. The van der Waals surface area contributed by atoms with Crippen molar-refractivity contribution in [3.8, 4) is 22.6 Å². The van der Waals surface area contributed by atoms with E-state index in [1.165, 1.54) is 88.2 Å². The number of hydrogen-bond donors (Lipinski definition) is 2. The van der Waals surface area contributed by atoms with E-state index in [2.05, 4.69) is 76.2 Å². The second-order valence-corrected chi connectivity index (χ2v) is 32.8. The van der Waals surface area contributed by atoms with Crippen LogP contribution in [0.5, 0.6) is 11.5 Å². The van der Waals surface area contributed by atoms with Crippen molar-refractivity contribution in [2.45, 2.75) is 209 Å². The Morgan fingerprint density at radius 1 is 0.377 bits per heavy atom. The predicted molar refractivity (Wildman–Crippen MR) is 298 cm³/mol. The van der Waals surface area contributed by atoms with E-state index in [4.69, 9.17) is 0 Å². The van der Waals surface area contributed by atoms with Gasteiger partial charge in [0.1, 0.15) is 0 Å².